The van der Waals surface area contributed by atoms with Crippen molar-refractivity contribution in [1.29, 1.82) is 0 Å². The molecule has 88 valence electrons. The molecule has 1 aromatic heterocycles. The summed E-state index contributed by atoms with van der Waals surface area (Å²) in [6, 6.07) is 6.82. The van der Waals surface area contributed by atoms with Gasteiger partial charge in [-0.3, -0.25) is 0 Å². The van der Waals surface area contributed by atoms with Crippen LogP contribution in [0.25, 0.3) is 0 Å². The third-order valence-corrected chi connectivity index (χ3v) is 4.22. The summed E-state index contributed by atoms with van der Waals surface area (Å²) in [4.78, 5) is 5.04. The summed E-state index contributed by atoms with van der Waals surface area (Å²) < 4.78 is 14.2. The summed E-state index contributed by atoms with van der Waals surface area (Å²) in [6.07, 6.45) is 1.71. The fraction of sp³-hybridized carbons (Fsp3) is 0.0833. The Morgan fingerprint density at radius 2 is 2.18 bits per heavy atom. The average Bonchev–Trinajstić information content (AvgIpc) is 2.29. The van der Waals surface area contributed by atoms with E-state index in [1.807, 2.05) is 12.1 Å². The van der Waals surface area contributed by atoms with Crippen molar-refractivity contribution in [2.24, 2.45) is 0 Å². The van der Waals surface area contributed by atoms with Crippen molar-refractivity contribution in [1.82, 2.24) is 4.98 Å². The maximum absolute atomic E-state index is 13.3. The average molecular weight is 313 g/mol. The normalized spacial score (nSPS) is 10.5. The Labute approximate surface area is 112 Å². The number of halogens is 2. The van der Waals surface area contributed by atoms with Crippen molar-refractivity contribution in [3.8, 4) is 0 Å². The zero-order chi connectivity index (χ0) is 12.4. The number of nitrogens with two attached hydrogens (primary N) is 1. The molecule has 5 heteroatoms. The fourth-order valence-corrected chi connectivity index (χ4v) is 2.71. The Bertz CT molecular complexity index is 560. The van der Waals surface area contributed by atoms with E-state index in [2.05, 4.69) is 20.9 Å². The SMILES string of the molecule is Cc1cc(Sc2ncccc2Br)c(N)cc1F. The first kappa shape index (κ1) is 12.4. The highest BCUT2D eigenvalue weighted by Gasteiger charge is 2.09. The second-order valence-electron chi connectivity index (χ2n) is 3.53. The highest BCUT2D eigenvalue weighted by atomic mass is 79.9. The highest BCUT2D eigenvalue weighted by Crippen LogP contribution is 2.35. The first-order valence-corrected chi connectivity index (χ1v) is 6.53. The number of rotatable bonds is 2. The second-order valence-corrected chi connectivity index (χ2v) is 5.42. The predicted molar refractivity (Wildman–Crippen MR) is 71.6 cm³/mol. The van der Waals surface area contributed by atoms with E-state index in [-0.39, 0.29) is 5.82 Å². The van der Waals surface area contributed by atoms with Crippen LogP contribution in [0.3, 0.4) is 0 Å². The maximum atomic E-state index is 13.3. The van der Waals surface area contributed by atoms with Crippen molar-refractivity contribution >= 4 is 33.4 Å². The Kier molecular flexibility index (Phi) is 3.69. The van der Waals surface area contributed by atoms with E-state index in [1.54, 1.807) is 19.2 Å². The number of hydrogen-bond donors (Lipinski definition) is 1. The molecule has 2 rings (SSSR count). The van der Waals surface area contributed by atoms with Gasteiger partial charge in [-0.05, 0) is 52.7 Å². The number of aryl methyl sites for hydroxylation is 1. The molecule has 0 aliphatic heterocycles. The zero-order valence-corrected chi connectivity index (χ0v) is 11.5. The minimum atomic E-state index is -0.285. The number of hydrogen-bond acceptors (Lipinski definition) is 3. The summed E-state index contributed by atoms with van der Waals surface area (Å²) in [5.74, 6) is -0.285. The molecule has 0 saturated carbocycles. The Balaban J connectivity index is 2.37. The molecule has 17 heavy (non-hydrogen) atoms. The van der Waals surface area contributed by atoms with E-state index >= 15 is 0 Å². The van der Waals surface area contributed by atoms with Gasteiger partial charge >= 0.3 is 0 Å². The van der Waals surface area contributed by atoms with Gasteiger partial charge in [-0.15, -0.1) is 0 Å². The third kappa shape index (κ3) is 2.79. The van der Waals surface area contributed by atoms with Gasteiger partial charge in [-0.25, -0.2) is 9.37 Å². The molecule has 0 spiro atoms. The van der Waals surface area contributed by atoms with Crippen LogP contribution in [-0.4, -0.2) is 4.98 Å². The molecular weight excluding hydrogens is 303 g/mol. The van der Waals surface area contributed by atoms with Crippen LogP contribution in [0.2, 0.25) is 0 Å². The van der Waals surface area contributed by atoms with E-state index in [9.17, 15) is 4.39 Å². The molecule has 1 aromatic carbocycles. The largest absolute Gasteiger partial charge is 0.398 e. The first-order valence-electron chi connectivity index (χ1n) is 4.92. The van der Waals surface area contributed by atoms with Crippen LogP contribution in [-0.2, 0) is 0 Å². The molecule has 0 amide bonds. The van der Waals surface area contributed by atoms with Gasteiger partial charge in [0.2, 0.25) is 0 Å². The number of nitrogens with zero attached hydrogens (tertiary/aromatic N) is 1. The van der Waals surface area contributed by atoms with E-state index in [1.165, 1.54) is 17.8 Å². The number of pyridine rings is 1. The van der Waals surface area contributed by atoms with Crippen LogP contribution < -0.4 is 5.73 Å². The monoisotopic (exact) mass is 312 g/mol. The van der Waals surface area contributed by atoms with E-state index < -0.39 is 0 Å². The lowest BCUT2D eigenvalue weighted by Gasteiger charge is -2.08. The second kappa shape index (κ2) is 5.06. The van der Waals surface area contributed by atoms with E-state index in [0.717, 1.165) is 14.4 Å². The van der Waals surface area contributed by atoms with Gasteiger partial charge in [0.05, 0.1) is 4.47 Å². The van der Waals surface area contributed by atoms with Crippen LogP contribution in [0.4, 0.5) is 10.1 Å². The number of benzene rings is 1. The summed E-state index contributed by atoms with van der Waals surface area (Å²) >= 11 is 4.83. The van der Waals surface area contributed by atoms with Crippen molar-refractivity contribution in [3.05, 3.63) is 46.3 Å². The van der Waals surface area contributed by atoms with Crippen LogP contribution in [0.1, 0.15) is 5.56 Å². The smallest absolute Gasteiger partial charge is 0.128 e. The van der Waals surface area contributed by atoms with E-state index in [0.29, 0.717) is 11.3 Å². The first-order chi connectivity index (χ1) is 8.08. The Morgan fingerprint density at radius 1 is 1.41 bits per heavy atom. The number of anilines is 1. The Hall–Kier alpha value is -1.07. The molecule has 2 aromatic rings. The maximum Gasteiger partial charge on any atom is 0.128 e. The molecule has 2 nitrogen and oxygen atoms in total. The number of nitrogen functional groups attached to an aromatic ring is 1. The molecule has 0 fully saturated rings. The minimum absolute atomic E-state index is 0.285. The lowest BCUT2D eigenvalue weighted by Crippen LogP contribution is -1.93. The number of aromatic nitrogens is 1. The lowest BCUT2D eigenvalue weighted by atomic mass is 10.2. The summed E-state index contributed by atoms with van der Waals surface area (Å²) in [7, 11) is 0. The van der Waals surface area contributed by atoms with Crippen LogP contribution >= 0.6 is 27.7 Å². The van der Waals surface area contributed by atoms with Gasteiger partial charge in [0, 0.05) is 16.8 Å². The van der Waals surface area contributed by atoms with Crippen molar-refractivity contribution in [2.45, 2.75) is 16.8 Å². The summed E-state index contributed by atoms with van der Waals surface area (Å²) in [6.45, 7) is 1.71. The molecule has 0 radical (unpaired) electrons. The summed E-state index contributed by atoms with van der Waals surface area (Å²) in [5.41, 5.74) is 6.79. The van der Waals surface area contributed by atoms with Gasteiger partial charge in [0.1, 0.15) is 10.8 Å². The predicted octanol–water partition coefficient (Wildman–Crippen LogP) is 4.03. The van der Waals surface area contributed by atoms with Gasteiger partial charge in [0.25, 0.3) is 0 Å². The minimum Gasteiger partial charge on any atom is -0.398 e. The molecule has 2 N–H and O–H groups in total. The van der Waals surface area contributed by atoms with E-state index in [4.69, 9.17) is 5.73 Å². The third-order valence-electron chi connectivity index (χ3n) is 2.22. The Morgan fingerprint density at radius 3 is 2.88 bits per heavy atom. The van der Waals surface area contributed by atoms with Crippen LogP contribution in [0.5, 0.6) is 0 Å². The molecule has 0 unspecified atom stereocenters. The van der Waals surface area contributed by atoms with Crippen LogP contribution in [0, 0.1) is 12.7 Å². The quantitative estimate of drug-likeness (QED) is 0.851. The molecule has 0 aliphatic carbocycles. The standard InChI is InChI=1S/C12H10BrFN2S/c1-7-5-11(10(15)6-9(7)14)17-12-8(13)3-2-4-16-12/h2-6H,15H2,1H3. The molecule has 0 bridgehead atoms. The highest BCUT2D eigenvalue weighted by molar-refractivity contribution is 9.10. The molecule has 0 aliphatic rings. The molecule has 0 saturated heterocycles. The lowest BCUT2D eigenvalue weighted by molar-refractivity contribution is 0.618. The van der Waals surface area contributed by atoms with Crippen LogP contribution in [0.15, 0.2) is 44.9 Å². The van der Waals surface area contributed by atoms with Gasteiger partial charge in [-0.1, -0.05) is 11.8 Å². The van der Waals surface area contributed by atoms with Gasteiger partial charge < -0.3 is 5.73 Å². The molecule has 0 atom stereocenters. The molecule has 1 heterocycles. The zero-order valence-electron chi connectivity index (χ0n) is 9.08. The van der Waals surface area contributed by atoms with Gasteiger partial charge in [0.15, 0.2) is 0 Å². The van der Waals surface area contributed by atoms with Crippen molar-refractivity contribution in [2.75, 3.05) is 5.73 Å². The molecular formula is C12H10BrFN2S. The van der Waals surface area contributed by atoms with Gasteiger partial charge in [-0.2, -0.15) is 0 Å². The topological polar surface area (TPSA) is 38.9 Å². The summed E-state index contributed by atoms with van der Waals surface area (Å²) in [5, 5.41) is 0.810. The fourth-order valence-electron chi connectivity index (χ4n) is 1.31. The van der Waals surface area contributed by atoms with Crippen molar-refractivity contribution < 1.29 is 4.39 Å². The van der Waals surface area contributed by atoms with Crippen molar-refractivity contribution in [3.63, 3.8) is 0 Å².